The normalized spacial score (nSPS) is 22.4. The van der Waals surface area contributed by atoms with Crippen LogP contribution in [0.4, 0.5) is 0 Å². The Kier molecular flexibility index (Phi) is 6.21. The molecule has 1 saturated carbocycles. The van der Waals surface area contributed by atoms with E-state index < -0.39 is 0 Å². The predicted molar refractivity (Wildman–Crippen MR) is 81.8 cm³/mol. The van der Waals surface area contributed by atoms with Gasteiger partial charge in [-0.3, -0.25) is 4.79 Å². The van der Waals surface area contributed by atoms with Crippen molar-refractivity contribution in [2.24, 2.45) is 5.92 Å². The molecular formula is C17H25NO3. The lowest BCUT2D eigenvalue weighted by Gasteiger charge is -2.36. The highest BCUT2D eigenvalue weighted by atomic mass is 16.5. The number of nitrogens with one attached hydrogen (secondary N) is 1. The van der Waals surface area contributed by atoms with Gasteiger partial charge in [0.2, 0.25) is 0 Å². The van der Waals surface area contributed by atoms with Crippen LogP contribution in [0.5, 0.6) is 0 Å². The second-order valence-electron chi connectivity index (χ2n) is 5.65. The van der Waals surface area contributed by atoms with Crippen LogP contribution >= 0.6 is 0 Å². The van der Waals surface area contributed by atoms with Gasteiger partial charge in [-0.2, -0.15) is 0 Å². The SMILES string of the molecule is CCOC1CC(NCC(C)C(=O)OCc2ccccc2)C1. The summed E-state index contributed by atoms with van der Waals surface area (Å²) in [6, 6.07) is 10.2. The Morgan fingerprint density at radius 1 is 1.33 bits per heavy atom. The third-order valence-corrected chi connectivity index (χ3v) is 3.84. The monoisotopic (exact) mass is 291 g/mol. The highest BCUT2D eigenvalue weighted by molar-refractivity contribution is 5.72. The molecule has 1 unspecified atom stereocenters. The fourth-order valence-electron chi connectivity index (χ4n) is 2.40. The third-order valence-electron chi connectivity index (χ3n) is 3.84. The van der Waals surface area contributed by atoms with Gasteiger partial charge in [0.25, 0.3) is 0 Å². The predicted octanol–water partition coefficient (Wildman–Crippen LogP) is 2.52. The van der Waals surface area contributed by atoms with Crippen molar-refractivity contribution in [3.05, 3.63) is 35.9 Å². The Bertz CT molecular complexity index is 429. The molecule has 0 radical (unpaired) electrons. The van der Waals surface area contributed by atoms with E-state index in [1.807, 2.05) is 44.2 Å². The van der Waals surface area contributed by atoms with E-state index in [2.05, 4.69) is 5.32 Å². The van der Waals surface area contributed by atoms with Gasteiger partial charge >= 0.3 is 5.97 Å². The highest BCUT2D eigenvalue weighted by Crippen LogP contribution is 2.23. The summed E-state index contributed by atoms with van der Waals surface area (Å²) >= 11 is 0. The van der Waals surface area contributed by atoms with E-state index in [4.69, 9.17) is 9.47 Å². The van der Waals surface area contributed by atoms with Crippen LogP contribution in [0, 0.1) is 5.92 Å². The number of rotatable bonds is 8. The maximum Gasteiger partial charge on any atom is 0.310 e. The summed E-state index contributed by atoms with van der Waals surface area (Å²) in [5, 5.41) is 3.41. The van der Waals surface area contributed by atoms with Crippen molar-refractivity contribution in [3.8, 4) is 0 Å². The Labute approximate surface area is 126 Å². The van der Waals surface area contributed by atoms with Crippen molar-refractivity contribution < 1.29 is 14.3 Å². The van der Waals surface area contributed by atoms with Crippen LogP contribution in [0.1, 0.15) is 32.3 Å². The quantitative estimate of drug-likeness (QED) is 0.748. The first-order chi connectivity index (χ1) is 10.2. The molecule has 21 heavy (non-hydrogen) atoms. The van der Waals surface area contributed by atoms with E-state index >= 15 is 0 Å². The van der Waals surface area contributed by atoms with Crippen LogP contribution in [-0.2, 0) is 20.9 Å². The molecule has 1 N–H and O–H groups in total. The number of esters is 1. The van der Waals surface area contributed by atoms with E-state index in [0.717, 1.165) is 25.0 Å². The topological polar surface area (TPSA) is 47.6 Å². The van der Waals surface area contributed by atoms with Crippen molar-refractivity contribution in [1.29, 1.82) is 0 Å². The fourth-order valence-corrected chi connectivity index (χ4v) is 2.40. The number of hydrogen-bond acceptors (Lipinski definition) is 4. The second-order valence-corrected chi connectivity index (χ2v) is 5.65. The molecule has 0 amide bonds. The first-order valence-corrected chi connectivity index (χ1v) is 7.74. The number of ether oxygens (including phenoxy) is 2. The molecule has 1 aromatic rings. The van der Waals surface area contributed by atoms with Gasteiger partial charge in [-0.05, 0) is 25.3 Å². The van der Waals surface area contributed by atoms with Crippen molar-refractivity contribution in [2.75, 3.05) is 13.2 Å². The number of hydrogen-bond donors (Lipinski definition) is 1. The molecule has 4 heteroatoms. The molecule has 0 bridgehead atoms. The second kappa shape index (κ2) is 8.15. The van der Waals surface area contributed by atoms with Gasteiger partial charge in [0.1, 0.15) is 6.61 Å². The van der Waals surface area contributed by atoms with Gasteiger partial charge < -0.3 is 14.8 Å². The highest BCUT2D eigenvalue weighted by Gasteiger charge is 2.29. The molecule has 0 saturated heterocycles. The van der Waals surface area contributed by atoms with E-state index in [1.165, 1.54) is 0 Å². The summed E-state index contributed by atoms with van der Waals surface area (Å²) in [6.07, 6.45) is 2.48. The summed E-state index contributed by atoms with van der Waals surface area (Å²) in [5.41, 5.74) is 1.02. The first-order valence-electron chi connectivity index (χ1n) is 7.74. The van der Waals surface area contributed by atoms with Gasteiger partial charge in [0.15, 0.2) is 0 Å². The van der Waals surface area contributed by atoms with Crippen LogP contribution < -0.4 is 5.32 Å². The van der Waals surface area contributed by atoms with Crippen LogP contribution in [0.25, 0.3) is 0 Å². The molecule has 1 aliphatic carbocycles. The summed E-state index contributed by atoms with van der Waals surface area (Å²) in [7, 11) is 0. The molecule has 0 spiro atoms. The van der Waals surface area contributed by atoms with Gasteiger partial charge in [0.05, 0.1) is 12.0 Å². The average molecular weight is 291 g/mol. The minimum absolute atomic E-state index is 0.125. The maximum absolute atomic E-state index is 11.9. The van der Waals surface area contributed by atoms with Crippen molar-refractivity contribution in [2.45, 2.75) is 45.4 Å². The van der Waals surface area contributed by atoms with E-state index in [0.29, 0.717) is 25.3 Å². The fraction of sp³-hybridized carbons (Fsp3) is 0.588. The van der Waals surface area contributed by atoms with Crippen molar-refractivity contribution >= 4 is 5.97 Å². The molecule has 1 fully saturated rings. The summed E-state index contributed by atoms with van der Waals surface area (Å²) in [5.74, 6) is -0.271. The number of carbonyl (C=O) groups excluding carboxylic acids is 1. The van der Waals surface area contributed by atoms with Gasteiger partial charge in [0, 0.05) is 19.2 Å². The molecule has 0 aliphatic heterocycles. The Balaban J connectivity index is 1.60. The largest absolute Gasteiger partial charge is 0.461 e. The molecule has 1 atom stereocenters. The summed E-state index contributed by atoms with van der Waals surface area (Å²) in [4.78, 5) is 11.9. The van der Waals surface area contributed by atoms with Crippen LogP contribution in [-0.4, -0.2) is 31.3 Å². The van der Waals surface area contributed by atoms with E-state index in [9.17, 15) is 4.79 Å². The smallest absolute Gasteiger partial charge is 0.310 e. The molecule has 116 valence electrons. The van der Waals surface area contributed by atoms with E-state index in [1.54, 1.807) is 0 Å². The zero-order chi connectivity index (χ0) is 15.1. The molecule has 1 aromatic carbocycles. The maximum atomic E-state index is 11.9. The number of carbonyl (C=O) groups is 1. The van der Waals surface area contributed by atoms with Crippen molar-refractivity contribution in [3.63, 3.8) is 0 Å². The molecular weight excluding hydrogens is 266 g/mol. The molecule has 0 heterocycles. The summed E-state index contributed by atoms with van der Waals surface area (Å²) in [6.45, 7) is 5.71. The molecule has 0 aromatic heterocycles. The lowest BCUT2D eigenvalue weighted by molar-refractivity contribution is -0.149. The zero-order valence-corrected chi connectivity index (χ0v) is 12.9. The first kappa shape index (κ1) is 16.0. The van der Waals surface area contributed by atoms with Crippen LogP contribution in [0.3, 0.4) is 0 Å². The van der Waals surface area contributed by atoms with Gasteiger partial charge in [-0.25, -0.2) is 0 Å². The lowest BCUT2D eigenvalue weighted by Crippen LogP contribution is -2.47. The van der Waals surface area contributed by atoms with Crippen LogP contribution in [0.2, 0.25) is 0 Å². The van der Waals surface area contributed by atoms with E-state index in [-0.39, 0.29) is 11.9 Å². The minimum Gasteiger partial charge on any atom is -0.461 e. The Morgan fingerprint density at radius 3 is 2.71 bits per heavy atom. The third kappa shape index (κ3) is 5.14. The van der Waals surface area contributed by atoms with Crippen LogP contribution in [0.15, 0.2) is 30.3 Å². The summed E-state index contributed by atoms with van der Waals surface area (Å²) < 4.78 is 10.8. The van der Waals surface area contributed by atoms with Gasteiger partial charge in [-0.1, -0.05) is 37.3 Å². The molecule has 1 aliphatic rings. The zero-order valence-electron chi connectivity index (χ0n) is 12.9. The van der Waals surface area contributed by atoms with Crippen molar-refractivity contribution in [1.82, 2.24) is 5.32 Å². The minimum atomic E-state index is -0.146. The number of benzene rings is 1. The Hall–Kier alpha value is -1.39. The lowest BCUT2D eigenvalue weighted by atomic mass is 9.89. The molecule has 2 rings (SSSR count). The molecule has 4 nitrogen and oxygen atoms in total. The Morgan fingerprint density at radius 2 is 2.05 bits per heavy atom. The van der Waals surface area contributed by atoms with Gasteiger partial charge in [-0.15, -0.1) is 0 Å². The average Bonchev–Trinajstić information content (AvgIpc) is 2.47. The standard InChI is InChI=1S/C17H25NO3/c1-3-20-16-9-15(10-16)18-11-13(2)17(19)21-12-14-7-5-4-6-8-14/h4-8,13,15-16,18H,3,9-12H2,1-2H3.